The largest absolute Gasteiger partial charge is 0.448 e. The van der Waals surface area contributed by atoms with Gasteiger partial charge in [0.15, 0.2) is 5.60 Å². The zero-order valence-corrected chi connectivity index (χ0v) is 13.6. The number of nitrogens with two attached hydrogens (primary N) is 1. The summed E-state index contributed by atoms with van der Waals surface area (Å²) in [6.07, 6.45) is 5.38. The van der Waals surface area contributed by atoms with Crippen molar-refractivity contribution in [2.45, 2.75) is 76.0 Å². The smallest absolute Gasteiger partial charge is 0.324 e. The highest BCUT2D eigenvalue weighted by Gasteiger charge is 2.45. The predicted octanol–water partition coefficient (Wildman–Crippen LogP) is 0.953. The van der Waals surface area contributed by atoms with Crippen molar-refractivity contribution in [3.63, 3.8) is 0 Å². The molecule has 6 nitrogen and oxygen atoms in total. The molecule has 0 bridgehead atoms. The van der Waals surface area contributed by atoms with Gasteiger partial charge in [-0.1, -0.05) is 6.42 Å². The molecular weight excluding hydrogens is 284 g/mol. The van der Waals surface area contributed by atoms with Gasteiger partial charge in [0.05, 0.1) is 5.60 Å². The molecule has 22 heavy (non-hydrogen) atoms. The van der Waals surface area contributed by atoms with Crippen LogP contribution in [0.5, 0.6) is 0 Å². The van der Waals surface area contributed by atoms with Crippen molar-refractivity contribution in [1.82, 2.24) is 4.90 Å². The highest BCUT2D eigenvalue weighted by Crippen LogP contribution is 2.33. The Morgan fingerprint density at radius 2 is 1.91 bits per heavy atom. The summed E-state index contributed by atoms with van der Waals surface area (Å²) in [4.78, 5) is 26.3. The van der Waals surface area contributed by atoms with Crippen molar-refractivity contribution < 1.29 is 19.4 Å². The molecule has 0 aromatic heterocycles. The summed E-state index contributed by atoms with van der Waals surface area (Å²) in [5.41, 5.74) is 3.52. The van der Waals surface area contributed by atoms with Gasteiger partial charge in [0, 0.05) is 6.54 Å². The van der Waals surface area contributed by atoms with Crippen molar-refractivity contribution in [1.29, 1.82) is 0 Å². The molecule has 1 heterocycles. The summed E-state index contributed by atoms with van der Waals surface area (Å²) in [5, 5.41) is 9.97. The highest BCUT2D eigenvalue weighted by molar-refractivity contribution is 5.87. The first-order valence-corrected chi connectivity index (χ1v) is 8.23. The molecule has 0 aromatic carbocycles. The first-order chi connectivity index (χ1) is 10.2. The van der Waals surface area contributed by atoms with Crippen LogP contribution in [0.3, 0.4) is 0 Å². The maximum atomic E-state index is 12.6. The van der Waals surface area contributed by atoms with E-state index in [0.29, 0.717) is 25.8 Å². The second kappa shape index (κ2) is 6.54. The molecule has 1 amide bonds. The Balaban J connectivity index is 2.05. The van der Waals surface area contributed by atoms with Crippen molar-refractivity contribution in [2.75, 3.05) is 13.1 Å². The molecule has 126 valence electrons. The van der Waals surface area contributed by atoms with Crippen LogP contribution in [0.1, 0.15) is 58.8 Å². The standard InChI is InChI=1S/C16H28N2O4/c1-15(2,21)11-18-10-6-7-12(18)13(19)22-16(14(17)20)8-4-3-5-9-16/h12,21H,3-11H2,1-2H3,(H2,17,20). The van der Waals surface area contributed by atoms with Gasteiger partial charge < -0.3 is 15.6 Å². The lowest BCUT2D eigenvalue weighted by atomic mass is 9.84. The van der Waals surface area contributed by atoms with E-state index in [1.54, 1.807) is 13.8 Å². The molecule has 3 N–H and O–H groups in total. The first-order valence-electron chi connectivity index (χ1n) is 8.23. The Kier molecular flexibility index (Phi) is 5.12. The Bertz CT molecular complexity index is 424. The number of primary amides is 1. The fourth-order valence-corrected chi connectivity index (χ4v) is 3.56. The predicted molar refractivity (Wildman–Crippen MR) is 82.0 cm³/mol. The van der Waals surface area contributed by atoms with E-state index in [9.17, 15) is 14.7 Å². The average molecular weight is 312 g/mol. The third-order valence-electron chi connectivity index (χ3n) is 4.63. The van der Waals surface area contributed by atoms with Gasteiger partial charge in [-0.25, -0.2) is 0 Å². The lowest BCUT2D eigenvalue weighted by Crippen LogP contribution is -2.52. The topological polar surface area (TPSA) is 92.9 Å². The molecule has 2 fully saturated rings. The number of β-amino-alcohol motifs (C(OH)–C–C–N with tert-alkyl or cyclic N) is 1. The van der Waals surface area contributed by atoms with Crippen molar-refractivity contribution in [3.8, 4) is 0 Å². The van der Waals surface area contributed by atoms with Gasteiger partial charge in [0.2, 0.25) is 0 Å². The minimum Gasteiger partial charge on any atom is -0.448 e. The summed E-state index contributed by atoms with van der Waals surface area (Å²) in [5.74, 6) is -0.907. The zero-order valence-electron chi connectivity index (χ0n) is 13.6. The summed E-state index contributed by atoms with van der Waals surface area (Å²) >= 11 is 0. The molecule has 2 aliphatic rings. The van der Waals surface area contributed by atoms with Gasteiger partial charge in [-0.2, -0.15) is 0 Å². The molecule has 0 spiro atoms. The molecule has 1 saturated carbocycles. The number of ether oxygens (including phenoxy) is 1. The fraction of sp³-hybridized carbons (Fsp3) is 0.875. The maximum absolute atomic E-state index is 12.6. The second-order valence-corrected chi connectivity index (χ2v) is 7.28. The van der Waals surface area contributed by atoms with Gasteiger partial charge in [0.25, 0.3) is 5.91 Å². The van der Waals surface area contributed by atoms with Crippen molar-refractivity contribution in [3.05, 3.63) is 0 Å². The van der Waals surface area contributed by atoms with Crippen LogP contribution in [0.25, 0.3) is 0 Å². The van der Waals surface area contributed by atoms with E-state index >= 15 is 0 Å². The van der Waals surface area contributed by atoms with E-state index in [-0.39, 0.29) is 12.0 Å². The van der Waals surface area contributed by atoms with E-state index in [2.05, 4.69) is 0 Å². The number of likely N-dealkylation sites (tertiary alicyclic amines) is 1. The van der Waals surface area contributed by atoms with Crippen LogP contribution >= 0.6 is 0 Å². The maximum Gasteiger partial charge on any atom is 0.324 e. The number of carbonyl (C=O) groups is 2. The number of carbonyl (C=O) groups excluding carboxylic acids is 2. The van der Waals surface area contributed by atoms with Crippen LogP contribution in [0.4, 0.5) is 0 Å². The van der Waals surface area contributed by atoms with Crippen molar-refractivity contribution in [2.24, 2.45) is 5.73 Å². The Morgan fingerprint density at radius 3 is 2.45 bits per heavy atom. The quantitative estimate of drug-likeness (QED) is 0.737. The average Bonchev–Trinajstić information content (AvgIpc) is 2.85. The van der Waals surface area contributed by atoms with Gasteiger partial charge in [0.1, 0.15) is 6.04 Å². The molecule has 1 unspecified atom stereocenters. The van der Waals surface area contributed by atoms with Crippen LogP contribution < -0.4 is 5.73 Å². The van der Waals surface area contributed by atoms with Crippen molar-refractivity contribution >= 4 is 11.9 Å². The van der Waals surface area contributed by atoms with Gasteiger partial charge in [-0.15, -0.1) is 0 Å². The monoisotopic (exact) mass is 312 g/mol. The lowest BCUT2D eigenvalue weighted by Gasteiger charge is -2.36. The number of hydrogen-bond acceptors (Lipinski definition) is 5. The normalized spacial score (nSPS) is 25.9. The van der Waals surface area contributed by atoms with E-state index in [0.717, 1.165) is 32.2 Å². The van der Waals surface area contributed by atoms with Gasteiger partial charge in [-0.3, -0.25) is 14.5 Å². The van der Waals surface area contributed by atoms with Crippen LogP contribution in [-0.2, 0) is 14.3 Å². The van der Waals surface area contributed by atoms with Crippen LogP contribution in [0, 0.1) is 0 Å². The molecule has 2 rings (SSSR count). The number of esters is 1. The molecule has 6 heteroatoms. The number of aliphatic hydroxyl groups is 1. The van der Waals surface area contributed by atoms with Crippen LogP contribution in [-0.4, -0.2) is 52.2 Å². The summed E-state index contributed by atoms with van der Waals surface area (Å²) in [6, 6.07) is -0.385. The molecular formula is C16H28N2O4. The fourth-order valence-electron chi connectivity index (χ4n) is 3.56. The number of nitrogens with zero attached hydrogens (tertiary/aromatic N) is 1. The molecule has 1 aliphatic heterocycles. The summed E-state index contributed by atoms with van der Waals surface area (Å²) in [7, 11) is 0. The van der Waals surface area contributed by atoms with E-state index in [1.807, 2.05) is 4.90 Å². The Hall–Kier alpha value is -1.14. The minimum atomic E-state index is -1.13. The van der Waals surface area contributed by atoms with E-state index < -0.39 is 17.1 Å². The van der Waals surface area contributed by atoms with E-state index in [4.69, 9.17) is 10.5 Å². The summed E-state index contributed by atoms with van der Waals surface area (Å²) < 4.78 is 5.63. The first kappa shape index (κ1) is 17.2. The Morgan fingerprint density at radius 1 is 1.27 bits per heavy atom. The third-order valence-corrected chi connectivity index (χ3v) is 4.63. The molecule has 0 radical (unpaired) electrons. The summed E-state index contributed by atoms with van der Waals surface area (Å²) in [6.45, 7) is 4.61. The Labute approximate surface area is 132 Å². The van der Waals surface area contributed by atoms with E-state index in [1.165, 1.54) is 0 Å². The SMILES string of the molecule is CC(C)(O)CN1CCCC1C(=O)OC1(C(N)=O)CCCCC1. The minimum absolute atomic E-state index is 0.373. The zero-order chi connectivity index (χ0) is 16.4. The second-order valence-electron chi connectivity index (χ2n) is 7.28. The van der Waals surface area contributed by atoms with Gasteiger partial charge >= 0.3 is 5.97 Å². The lowest BCUT2D eigenvalue weighted by molar-refractivity contribution is -0.175. The molecule has 1 saturated heterocycles. The number of rotatable bonds is 5. The third kappa shape index (κ3) is 3.98. The molecule has 0 aromatic rings. The van der Waals surface area contributed by atoms with Gasteiger partial charge in [-0.05, 0) is 58.9 Å². The molecule has 1 atom stereocenters. The number of hydrogen-bond donors (Lipinski definition) is 2. The van der Waals surface area contributed by atoms with Crippen LogP contribution in [0.2, 0.25) is 0 Å². The highest BCUT2D eigenvalue weighted by atomic mass is 16.6. The molecule has 1 aliphatic carbocycles. The van der Waals surface area contributed by atoms with Crippen LogP contribution in [0.15, 0.2) is 0 Å². The number of amides is 1.